The van der Waals surface area contributed by atoms with Gasteiger partial charge in [-0.25, -0.2) is 0 Å². The smallest absolute Gasteiger partial charge is 0.325 e. The monoisotopic (exact) mass is 318 g/mol. The van der Waals surface area contributed by atoms with Gasteiger partial charge >= 0.3 is 5.97 Å². The van der Waals surface area contributed by atoms with Gasteiger partial charge in [-0.2, -0.15) is 0 Å². The van der Waals surface area contributed by atoms with Gasteiger partial charge in [0, 0.05) is 17.7 Å². The lowest BCUT2D eigenvalue weighted by Crippen LogP contribution is -2.30. The van der Waals surface area contributed by atoms with Gasteiger partial charge in [-0.15, -0.1) is 0 Å². The van der Waals surface area contributed by atoms with E-state index in [0.717, 1.165) is 12.8 Å². The van der Waals surface area contributed by atoms with Crippen LogP contribution in [0.2, 0.25) is 0 Å². The van der Waals surface area contributed by atoms with Gasteiger partial charge in [-0.3, -0.25) is 14.4 Å². The van der Waals surface area contributed by atoms with Gasteiger partial charge in [0.05, 0.1) is 7.11 Å². The molecule has 0 unspecified atom stereocenters. The molecule has 0 saturated heterocycles. The number of anilines is 1. The average molecular weight is 318 g/mol. The van der Waals surface area contributed by atoms with Crippen molar-refractivity contribution in [2.45, 2.75) is 32.1 Å². The highest BCUT2D eigenvalue weighted by Gasteiger charge is 2.18. The number of benzene rings is 1. The highest BCUT2D eigenvalue weighted by molar-refractivity contribution is 5.98. The minimum Gasteiger partial charge on any atom is -0.468 e. The quantitative estimate of drug-likeness (QED) is 0.787. The van der Waals surface area contributed by atoms with Crippen LogP contribution in [-0.4, -0.2) is 31.4 Å². The van der Waals surface area contributed by atoms with Gasteiger partial charge in [-0.05, 0) is 37.0 Å². The zero-order chi connectivity index (χ0) is 16.7. The topological polar surface area (TPSA) is 84.5 Å². The summed E-state index contributed by atoms with van der Waals surface area (Å²) in [5.74, 6) is -0.452. The Morgan fingerprint density at radius 1 is 1.22 bits per heavy atom. The van der Waals surface area contributed by atoms with Crippen LogP contribution in [0.5, 0.6) is 0 Å². The molecule has 0 radical (unpaired) electrons. The van der Waals surface area contributed by atoms with Gasteiger partial charge in [0.15, 0.2) is 0 Å². The molecule has 1 aliphatic carbocycles. The van der Waals surface area contributed by atoms with Crippen molar-refractivity contribution in [1.82, 2.24) is 5.32 Å². The van der Waals surface area contributed by atoms with Crippen molar-refractivity contribution >= 4 is 23.5 Å². The minimum absolute atomic E-state index is 0.0241. The molecule has 0 heterocycles. The normalized spacial score (nSPS) is 14.3. The highest BCUT2D eigenvalue weighted by Crippen LogP contribution is 2.27. The Morgan fingerprint density at radius 3 is 2.65 bits per heavy atom. The van der Waals surface area contributed by atoms with E-state index in [4.69, 9.17) is 0 Å². The van der Waals surface area contributed by atoms with Crippen LogP contribution in [0, 0.1) is 5.92 Å². The second-order valence-corrected chi connectivity index (χ2v) is 5.74. The fourth-order valence-corrected chi connectivity index (χ4v) is 2.75. The molecule has 6 heteroatoms. The highest BCUT2D eigenvalue weighted by atomic mass is 16.5. The molecule has 0 spiro atoms. The van der Waals surface area contributed by atoms with Crippen LogP contribution < -0.4 is 10.6 Å². The first-order valence-electron chi connectivity index (χ1n) is 7.83. The number of hydrogen-bond donors (Lipinski definition) is 2. The molecule has 1 aromatic carbocycles. The molecule has 0 atom stereocenters. The first-order valence-corrected chi connectivity index (χ1v) is 7.83. The maximum absolute atomic E-state index is 12.0. The molecule has 2 amide bonds. The van der Waals surface area contributed by atoms with Crippen LogP contribution >= 0.6 is 0 Å². The molecule has 2 N–H and O–H groups in total. The Hall–Kier alpha value is -2.37. The zero-order valence-corrected chi connectivity index (χ0v) is 13.3. The number of rotatable bonds is 6. The summed E-state index contributed by atoms with van der Waals surface area (Å²) < 4.78 is 4.47. The second kappa shape index (κ2) is 8.31. The second-order valence-electron chi connectivity index (χ2n) is 5.74. The van der Waals surface area contributed by atoms with Crippen LogP contribution in [0.3, 0.4) is 0 Å². The van der Waals surface area contributed by atoms with E-state index in [0.29, 0.717) is 23.6 Å². The molecule has 23 heavy (non-hydrogen) atoms. The lowest BCUT2D eigenvalue weighted by atomic mass is 10.0. The standard InChI is InChI=1S/C17H22N2O4/c1-23-16(21)11-18-17(22)13-7-4-8-14(10-13)19-15(20)9-12-5-2-3-6-12/h4,7-8,10,12H,2-3,5-6,9,11H2,1H3,(H,18,22)(H,19,20). The number of esters is 1. The molecule has 1 aromatic rings. The minimum atomic E-state index is -0.514. The average Bonchev–Trinajstić information content (AvgIpc) is 3.05. The van der Waals surface area contributed by atoms with E-state index in [-0.39, 0.29) is 18.4 Å². The molecular formula is C17H22N2O4. The number of carbonyl (C=O) groups excluding carboxylic acids is 3. The summed E-state index contributed by atoms with van der Waals surface area (Å²) in [7, 11) is 1.26. The zero-order valence-electron chi connectivity index (χ0n) is 13.3. The van der Waals surface area contributed by atoms with Gasteiger partial charge in [0.2, 0.25) is 5.91 Å². The van der Waals surface area contributed by atoms with Crippen molar-refractivity contribution in [3.8, 4) is 0 Å². The molecule has 2 rings (SSSR count). The summed E-state index contributed by atoms with van der Waals surface area (Å²) in [6.45, 7) is -0.187. The van der Waals surface area contributed by atoms with Crippen LogP contribution in [0.1, 0.15) is 42.5 Å². The van der Waals surface area contributed by atoms with Gasteiger partial charge < -0.3 is 15.4 Å². The largest absolute Gasteiger partial charge is 0.468 e. The first-order chi connectivity index (χ1) is 11.1. The predicted molar refractivity (Wildman–Crippen MR) is 86.0 cm³/mol. The van der Waals surface area contributed by atoms with Crippen molar-refractivity contribution in [3.63, 3.8) is 0 Å². The van der Waals surface area contributed by atoms with Crippen LogP contribution in [0.4, 0.5) is 5.69 Å². The SMILES string of the molecule is COC(=O)CNC(=O)c1cccc(NC(=O)CC2CCCC2)c1. The lowest BCUT2D eigenvalue weighted by molar-refractivity contribution is -0.139. The number of methoxy groups -OCH3 is 1. The van der Waals surface area contributed by atoms with E-state index in [2.05, 4.69) is 15.4 Å². The third kappa shape index (κ3) is 5.39. The number of nitrogens with one attached hydrogen (secondary N) is 2. The molecule has 124 valence electrons. The van der Waals surface area contributed by atoms with E-state index in [9.17, 15) is 14.4 Å². The van der Waals surface area contributed by atoms with Gasteiger partial charge in [0.1, 0.15) is 6.54 Å². The number of ether oxygens (including phenoxy) is 1. The maximum atomic E-state index is 12.0. The summed E-state index contributed by atoms with van der Waals surface area (Å²) in [6.07, 6.45) is 5.16. The molecule has 1 saturated carbocycles. The third-order valence-corrected chi connectivity index (χ3v) is 3.98. The number of amides is 2. The van der Waals surface area contributed by atoms with Crippen LogP contribution in [0.15, 0.2) is 24.3 Å². The van der Waals surface area contributed by atoms with Crippen molar-refractivity contribution in [3.05, 3.63) is 29.8 Å². The fraction of sp³-hybridized carbons (Fsp3) is 0.471. The molecule has 0 aliphatic heterocycles. The molecule has 1 aliphatic rings. The Balaban J connectivity index is 1.89. The Kier molecular flexibility index (Phi) is 6.14. The van der Waals surface area contributed by atoms with E-state index < -0.39 is 5.97 Å². The summed E-state index contributed by atoms with van der Waals surface area (Å²) in [5, 5.41) is 5.29. The first kappa shape index (κ1) is 17.0. The summed E-state index contributed by atoms with van der Waals surface area (Å²) in [4.78, 5) is 35.0. The maximum Gasteiger partial charge on any atom is 0.325 e. The molecule has 0 aromatic heterocycles. The molecular weight excluding hydrogens is 296 g/mol. The van der Waals surface area contributed by atoms with Crippen molar-refractivity contribution < 1.29 is 19.1 Å². The summed E-state index contributed by atoms with van der Waals surface area (Å²) in [6, 6.07) is 6.65. The van der Waals surface area contributed by atoms with E-state index in [1.807, 2.05) is 0 Å². The number of carbonyl (C=O) groups is 3. The fourth-order valence-electron chi connectivity index (χ4n) is 2.75. The van der Waals surface area contributed by atoms with Gasteiger partial charge in [0.25, 0.3) is 5.91 Å². The molecule has 0 bridgehead atoms. The van der Waals surface area contributed by atoms with Crippen LogP contribution in [0.25, 0.3) is 0 Å². The van der Waals surface area contributed by atoms with E-state index >= 15 is 0 Å². The third-order valence-electron chi connectivity index (χ3n) is 3.98. The summed E-state index contributed by atoms with van der Waals surface area (Å²) >= 11 is 0. The Labute approximate surface area is 135 Å². The molecule has 1 fully saturated rings. The van der Waals surface area contributed by atoms with Crippen molar-refractivity contribution in [2.75, 3.05) is 19.0 Å². The Morgan fingerprint density at radius 2 is 1.96 bits per heavy atom. The van der Waals surface area contributed by atoms with Crippen molar-refractivity contribution in [1.29, 1.82) is 0 Å². The summed E-state index contributed by atoms with van der Waals surface area (Å²) in [5.41, 5.74) is 0.964. The predicted octanol–water partition coefficient (Wildman–Crippen LogP) is 2.11. The van der Waals surface area contributed by atoms with E-state index in [1.54, 1.807) is 24.3 Å². The Bertz CT molecular complexity index is 580. The van der Waals surface area contributed by atoms with Gasteiger partial charge in [-0.1, -0.05) is 18.9 Å². The number of hydrogen-bond acceptors (Lipinski definition) is 4. The van der Waals surface area contributed by atoms with E-state index in [1.165, 1.54) is 20.0 Å². The van der Waals surface area contributed by atoms with Crippen LogP contribution in [-0.2, 0) is 14.3 Å². The lowest BCUT2D eigenvalue weighted by Gasteiger charge is -2.10. The molecule has 6 nitrogen and oxygen atoms in total. The van der Waals surface area contributed by atoms with Crippen molar-refractivity contribution in [2.24, 2.45) is 5.92 Å².